The third kappa shape index (κ3) is 3.59. The zero-order chi connectivity index (χ0) is 12.6. The topological polar surface area (TPSA) is 41.6 Å². The lowest BCUT2D eigenvalue weighted by Gasteiger charge is -2.23. The number of amides is 1. The van der Waals surface area contributed by atoms with Crippen LogP contribution in [0.4, 0.5) is 13.6 Å². The molecule has 0 bridgehead atoms. The van der Waals surface area contributed by atoms with Crippen LogP contribution < -0.4 is 5.32 Å². The van der Waals surface area contributed by atoms with Crippen molar-refractivity contribution in [2.24, 2.45) is 0 Å². The molecule has 1 rings (SSSR count). The number of hydrogen-bond donors (Lipinski definition) is 1. The van der Waals surface area contributed by atoms with Crippen molar-refractivity contribution >= 4 is 6.09 Å². The summed E-state index contributed by atoms with van der Waals surface area (Å²) in [5.74, 6) is -2.90. The smallest absolute Gasteiger partial charge is 0.408 e. The predicted octanol–water partition coefficient (Wildman–Crippen LogP) is 1.46. The van der Waals surface area contributed by atoms with E-state index in [1.165, 1.54) is 4.90 Å². The molecule has 0 aromatic heterocycles. The number of nitrogens with one attached hydrogen (secondary N) is 1. The summed E-state index contributed by atoms with van der Waals surface area (Å²) in [5.41, 5.74) is -0.677. The summed E-state index contributed by atoms with van der Waals surface area (Å²) >= 11 is 0. The van der Waals surface area contributed by atoms with Gasteiger partial charge in [0.05, 0.1) is 6.54 Å². The van der Waals surface area contributed by atoms with Gasteiger partial charge in [-0.3, -0.25) is 4.90 Å². The van der Waals surface area contributed by atoms with E-state index in [2.05, 4.69) is 5.32 Å². The van der Waals surface area contributed by atoms with Crippen molar-refractivity contribution in [3.05, 3.63) is 0 Å². The van der Waals surface area contributed by atoms with Crippen LogP contribution in [-0.4, -0.2) is 48.7 Å². The monoisotopic (exact) mass is 236 g/mol. The third-order valence-electron chi connectivity index (χ3n) is 2.18. The Kier molecular flexibility index (Phi) is 3.42. The van der Waals surface area contributed by atoms with Crippen molar-refractivity contribution in [3.63, 3.8) is 0 Å². The lowest BCUT2D eigenvalue weighted by molar-refractivity contribution is -0.0150. The fraction of sp³-hybridized carbons (Fsp3) is 0.900. The summed E-state index contributed by atoms with van der Waals surface area (Å²) in [7, 11) is 1.59. The normalized spacial score (nSPS) is 25.5. The van der Waals surface area contributed by atoms with E-state index in [0.717, 1.165) is 0 Å². The minimum Gasteiger partial charge on any atom is -0.444 e. The second-order valence-electron chi connectivity index (χ2n) is 5.16. The van der Waals surface area contributed by atoms with E-state index in [9.17, 15) is 13.6 Å². The molecule has 0 saturated carbocycles. The third-order valence-corrected chi connectivity index (χ3v) is 2.18. The second-order valence-corrected chi connectivity index (χ2v) is 5.16. The summed E-state index contributed by atoms with van der Waals surface area (Å²) < 4.78 is 31.6. The molecule has 1 saturated heterocycles. The molecule has 94 valence electrons. The minimum atomic E-state index is -2.90. The highest BCUT2D eigenvalue weighted by Gasteiger charge is 2.47. The van der Waals surface area contributed by atoms with Gasteiger partial charge < -0.3 is 10.1 Å². The summed E-state index contributed by atoms with van der Waals surface area (Å²) in [4.78, 5) is 12.8. The molecule has 0 aromatic rings. The van der Waals surface area contributed by atoms with Gasteiger partial charge in [-0.05, 0) is 27.8 Å². The minimum absolute atomic E-state index is 0.131. The predicted molar refractivity (Wildman–Crippen MR) is 55.6 cm³/mol. The van der Waals surface area contributed by atoms with Crippen LogP contribution in [0.5, 0.6) is 0 Å². The highest BCUT2D eigenvalue weighted by atomic mass is 19.3. The number of carbonyl (C=O) groups excluding carboxylic acids is 1. The Labute approximate surface area is 93.9 Å². The Morgan fingerprint density at radius 2 is 2.06 bits per heavy atom. The van der Waals surface area contributed by atoms with Crippen LogP contribution in [0.25, 0.3) is 0 Å². The Hall–Kier alpha value is -0.910. The fourth-order valence-corrected chi connectivity index (χ4v) is 1.58. The number of hydrogen-bond acceptors (Lipinski definition) is 3. The number of halogens is 2. The quantitative estimate of drug-likeness (QED) is 0.749. The van der Waals surface area contributed by atoms with Gasteiger partial charge in [-0.15, -0.1) is 0 Å². The van der Waals surface area contributed by atoms with Crippen molar-refractivity contribution < 1.29 is 18.3 Å². The molecule has 16 heavy (non-hydrogen) atoms. The van der Waals surface area contributed by atoms with Gasteiger partial charge in [0.1, 0.15) is 11.6 Å². The van der Waals surface area contributed by atoms with Crippen molar-refractivity contribution in [2.45, 2.75) is 38.3 Å². The summed E-state index contributed by atoms with van der Waals surface area (Å²) in [6.07, 6.45) is -0.799. The first-order valence-corrected chi connectivity index (χ1v) is 5.16. The molecule has 0 radical (unpaired) electrons. The van der Waals surface area contributed by atoms with Gasteiger partial charge in [0.2, 0.25) is 0 Å². The van der Waals surface area contributed by atoms with E-state index in [1.54, 1.807) is 27.8 Å². The number of rotatable bonds is 1. The Morgan fingerprint density at radius 1 is 1.50 bits per heavy atom. The van der Waals surface area contributed by atoms with Crippen LogP contribution in [0.3, 0.4) is 0 Å². The maximum absolute atomic E-state index is 13.3. The van der Waals surface area contributed by atoms with E-state index < -0.39 is 23.7 Å². The first-order valence-electron chi connectivity index (χ1n) is 5.16. The van der Waals surface area contributed by atoms with Crippen molar-refractivity contribution in [3.8, 4) is 0 Å². The van der Waals surface area contributed by atoms with Gasteiger partial charge in [0.15, 0.2) is 0 Å². The molecule has 1 aliphatic heterocycles. The Bertz CT molecular complexity index is 276. The van der Waals surface area contributed by atoms with Gasteiger partial charge in [0, 0.05) is 6.54 Å². The molecular weight excluding hydrogens is 218 g/mol. The molecule has 1 fully saturated rings. The molecule has 0 spiro atoms. The van der Waals surface area contributed by atoms with Crippen molar-refractivity contribution in [2.75, 3.05) is 20.1 Å². The zero-order valence-corrected chi connectivity index (χ0v) is 10.0. The molecule has 0 aromatic carbocycles. The van der Waals surface area contributed by atoms with Crippen LogP contribution in [0.15, 0.2) is 0 Å². The number of alkyl halides is 2. The van der Waals surface area contributed by atoms with E-state index >= 15 is 0 Å². The number of likely N-dealkylation sites (tertiary alicyclic amines) is 1. The van der Waals surface area contributed by atoms with Crippen LogP contribution >= 0.6 is 0 Å². The SMILES string of the molecule is CN1CC(NC(=O)OC(C)(C)C)C(F)(F)C1. The zero-order valence-electron chi connectivity index (χ0n) is 10.0. The second kappa shape index (κ2) is 4.16. The van der Waals surface area contributed by atoms with E-state index in [4.69, 9.17) is 4.74 Å². The number of alkyl carbamates (subject to hydrolysis) is 1. The first-order chi connectivity index (χ1) is 7.10. The van der Waals surface area contributed by atoms with Gasteiger partial charge in [-0.2, -0.15) is 0 Å². The molecule has 0 aliphatic carbocycles. The summed E-state index contributed by atoms with van der Waals surface area (Å²) in [6, 6.07) is -1.17. The molecule has 1 aliphatic rings. The highest BCUT2D eigenvalue weighted by molar-refractivity contribution is 5.68. The lowest BCUT2D eigenvalue weighted by Crippen LogP contribution is -2.48. The molecule has 1 heterocycles. The Morgan fingerprint density at radius 3 is 2.44 bits per heavy atom. The van der Waals surface area contributed by atoms with Crippen LogP contribution in [0.2, 0.25) is 0 Å². The van der Waals surface area contributed by atoms with E-state index in [1.807, 2.05) is 0 Å². The van der Waals surface area contributed by atoms with E-state index in [0.29, 0.717) is 0 Å². The maximum Gasteiger partial charge on any atom is 0.408 e. The molecular formula is C10H18F2N2O2. The fourth-order valence-electron chi connectivity index (χ4n) is 1.58. The average molecular weight is 236 g/mol. The largest absolute Gasteiger partial charge is 0.444 e. The van der Waals surface area contributed by atoms with Gasteiger partial charge >= 0.3 is 6.09 Å². The lowest BCUT2D eigenvalue weighted by atomic mass is 10.2. The summed E-state index contributed by atoms with van der Waals surface area (Å²) in [6.45, 7) is 4.85. The average Bonchev–Trinajstić information content (AvgIpc) is 2.19. The molecule has 4 nitrogen and oxygen atoms in total. The Balaban J connectivity index is 2.52. The first kappa shape index (κ1) is 13.2. The molecule has 1 amide bonds. The summed E-state index contributed by atoms with van der Waals surface area (Å²) in [5, 5.41) is 2.20. The number of nitrogens with zero attached hydrogens (tertiary/aromatic N) is 1. The molecule has 6 heteroatoms. The van der Waals surface area contributed by atoms with Crippen molar-refractivity contribution in [1.82, 2.24) is 10.2 Å². The molecule has 1 atom stereocenters. The van der Waals surface area contributed by atoms with Crippen LogP contribution in [0, 0.1) is 0 Å². The van der Waals surface area contributed by atoms with E-state index in [-0.39, 0.29) is 13.1 Å². The van der Waals surface area contributed by atoms with Gasteiger partial charge in [-0.25, -0.2) is 13.6 Å². The number of likely N-dealkylation sites (N-methyl/N-ethyl adjacent to an activating group) is 1. The van der Waals surface area contributed by atoms with Gasteiger partial charge in [0.25, 0.3) is 5.92 Å². The van der Waals surface area contributed by atoms with Crippen LogP contribution in [0.1, 0.15) is 20.8 Å². The highest BCUT2D eigenvalue weighted by Crippen LogP contribution is 2.26. The molecule has 1 unspecified atom stereocenters. The number of carbonyl (C=O) groups is 1. The molecule has 1 N–H and O–H groups in total. The number of ether oxygens (including phenoxy) is 1. The standard InChI is InChI=1S/C10H18F2N2O2/c1-9(2,3)16-8(15)13-7-5-14(4)6-10(7,11)12/h7H,5-6H2,1-4H3,(H,13,15). The van der Waals surface area contributed by atoms with Crippen molar-refractivity contribution in [1.29, 1.82) is 0 Å². The van der Waals surface area contributed by atoms with Crippen LogP contribution in [-0.2, 0) is 4.74 Å². The van der Waals surface area contributed by atoms with Gasteiger partial charge in [-0.1, -0.05) is 0 Å². The maximum atomic E-state index is 13.3.